The SMILES string of the molecule is CC1(C)[C@@H]2CCC13CS(=O)(=O)N(CC1CCNC(=O)CC1)[C@@H]3C2. The lowest BCUT2D eigenvalue weighted by Gasteiger charge is -2.37. The summed E-state index contributed by atoms with van der Waals surface area (Å²) in [6, 6.07) is 0.202. The second kappa shape index (κ2) is 4.94. The summed E-state index contributed by atoms with van der Waals surface area (Å²) < 4.78 is 27.7. The molecule has 0 aromatic rings. The first kappa shape index (κ1) is 15.9. The fourth-order valence-corrected chi connectivity index (χ4v) is 8.68. The van der Waals surface area contributed by atoms with Gasteiger partial charge in [0, 0.05) is 31.0 Å². The molecule has 2 bridgehead atoms. The molecule has 0 aromatic heterocycles. The smallest absolute Gasteiger partial charge is 0.220 e. The van der Waals surface area contributed by atoms with E-state index < -0.39 is 10.0 Å². The molecular weight excluding hydrogens is 312 g/mol. The normalized spacial score (nSPS) is 44.8. The average molecular weight is 340 g/mol. The molecule has 4 atom stereocenters. The molecule has 4 aliphatic rings. The number of sulfonamides is 1. The van der Waals surface area contributed by atoms with E-state index in [2.05, 4.69) is 19.2 Å². The standard InChI is InChI=1S/C17H28N2O3S/c1-16(2)13-5-7-17(16)11-23(21,22)19(14(17)9-13)10-12-3-4-15(20)18-8-6-12/h12-14H,3-11H2,1-2H3,(H,18,20)/t12?,13-,14-,17?/m1/s1. The molecule has 2 unspecified atom stereocenters. The Bertz CT molecular complexity index is 630. The second-order valence-corrected chi connectivity index (χ2v) is 10.7. The van der Waals surface area contributed by atoms with Gasteiger partial charge in [-0.15, -0.1) is 0 Å². The van der Waals surface area contributed by atoms with E-state index in [1.807, 2.05) is 4.31 Å². The highest BCUT2D eigenvalue weighted by atomic mass is 32.2. The molecule has 5 nitrogen and oxygen atoms in total. The number of hydrogen-bond donors (Lipinski definition) is 1. The van der Waals surface area contributed by atoms with E-state index in [4.69, 9.17) is 0 Å². The summed E-state index contributed by atoms with van der Waals surface area (Å²) in [4.78, 5) is 11.5. The van der Waals surface area contributed by atoms with Crippen LogP contribution < -0.4 is 5.32 Å². The molecule has 2 aliphatic heterocycles. The fourth-order valence-electron chi connectivity index (χ4n) is 6.04. The molecule has 1 amide bonds. The zero-order chi connectivity index (χ0) is 16.5. The predicted molar refractivity (Wildman–Crippen MR) is 88.2 cm³/mol. The van der Waals surface area contributed by atoms with Crippen molar-refractivity contribution in [2.45, 2.75) is 58.4 Å². The van der Waals surface area contributed by atoms with Gasteiger partial charge >= 0.3 is 0 Å². The first-order valence-corrected chi connectivity index (χ1v) is 10.6. The molecule has 1 spiro atoms. The van der Waals surface area contributed by atoms with Crippen molar-refractivity contribution >= 4 is 15.9 Å². The third-order valence-corrected chi connectivity index (χ3v) is 9.62. The van der Waals surface area contributed by atoms with Crippen LogP contribution in [0.4, 0.5) is 0 Å². The summed E-state index contributed by atoms with van der Waals surface area (Å²) in [7, 11) is -3.16. The van der Waals surface area contributed by atoms with Gasteiger partial charge < -0.3 is 5.32 Å². The number of fused-ring (bicyclic) bond motifs is 1. The van der Waals surface area contributed by atoms with E-state index in [1.54, 1.807) is 0 Å². The van der Waals surface area contributed by atoms with Crippen LogP contribution >= 0.6 is 0 Å². The molecule has 130 valence electrons. The molecule has 2 aliphatic carbocycles. The number of carbonyl (C=O) groups is 1. The van der Waals surface area contributed by atoms with Crippen LogP contribution in [0.1, 0.15) is 52.4 Å². The van der Waals surface area contributed by atoms with Crippen LogP contribution in [0.15, 0.2) is 0 Å². The minimum Gasteiger partial charge on any atom is -0.356 e. The van der Waals surface area contributed by atoms with E-state index in [9.17, 15) is 13.2 Å². The molecular formula is C17H28N2O3S. The molecule has 2 heterocycles. The topological polar surface area (TPSA) is 66.5 Å². The molecule has 1 N–H and O–H groups in total. The fraction of sp³-hybridized carbons (Fsp3) is 0.941. The first-order valence-electron chi connectivity index (χ1n) is 9.02. The number of hydrogen-bond acceptors (Lipinski definition) is 3. The molecule has 2 saturated heterocycles. The van der Waals surface area contributed by atoms with Crippen molar-refractivity contribution in [1.82, 2.24) is 9.62 Å². The van der Waals surface area contributed by atoms with Gasteiger partial charge in [0.25, 0.3) is 0 Å². The minimum absolute atomic E-state index is 0.0324. The van der Waals surface area contributed by atoms with Crippen molar-refractivity contribution in [1.29, 1.82) is 0 Å². The lowest BCUT2D eigenvalue weighted by molar-refractivity contribution is -0.120. The van der Waals surface area contributed by atoms with E-state index in [1.165, 1.54) is 6.42 Å². The van der Waals surface area contributed by atoms with Gasteiger partial charge in [-0.05, 0) is 49.4 Å². The van der Waals surface area contributed by atoms with Crippen LogP contribution in [0.5, 0.6) is 0 Å². The minimum atomic E-state index is -3.16. The summed E-state index contributed by atoms with van der Waals surface area (Å²) in [6.45, 7) is 5.88. The van der Waals surface area contributed by atoms with Crippen molar-refractivity contribution in [3.8, 4) is 0 Å². The molecule has 23 heavy (non-hydrogen) atoms. The van der Waals surface area contributed by atoms with Gasteiger partial charge in [0.15, 0.2) is 0 Å². The lowest BCUT2D eigenvalue weighted by atomic mass is 9.69. The maximum atomic E-state index is 12.9. The highest BCUT2D eigenvalue weighted by Gasteiger charge is 2.71. The van der Waals surface area contributed by atoms with Gasteiger partial charge in [-0.1, -0.05) is 13.8 Å². The Morgan fingerprint density at radius 3 is 2.78 bits per heavy atom. The van der Waals surface area contributed by atoms with Crippen molar-refractivity contribution < 1.29 is 13.2 Å². The zero-order valence-corrected chi connectivity index (χ0v) is 15.0. The first-order chi connectivity index (χ1) is 10.8. The molecule has 4 rings (SSSR count). The van der Waals surface area contributed by atoms with Crippen molar-refractivity contribution in [2.75, 3.05) is 18.8 Å². The Morgan fingerprint density at radius 1 is 1.26 bits per heavy atom. The molecule has 6 heteroatoms. The molecule has 4 fully saturated rings. The Kier molecular flexibility index (Phi) is 3.41. The number of carbonyl (C=O) groups excluding carboxylic acids is 1. The number of nitrogens with one attached hydrogen (secondary N) is 1. The van der Waals surface area contributed by atoms with Crippen LogP contribution in [0, 0.1) is 22.7 Å². The van der Waals surface area contributed by atoms with Crippen molar-refractivity contribution in [2.24, 2.45) is 22.7 Å². The van der Waals surface area contributed by atoms with Crippen molar-refractivity contribution in [3.63, 3.8) is 0 Å². The predicted octanol–water partition coefficient (Wildman–Crippen LogP) is 1.74. The largest absolute Gasteiger partial charge is 0.356 e. The highest BCUT2D eigenvalue weighted by molar-refractivity contribution is 7.89. The summed E-state index contributed by atoms with van der Waals surface area (Å²) in [6.07, 6.45) is 5.53. The van der Waals surface area contributed by atoms with Gasteiger partial charge in [0.2, 0.25) is 15.9 Å². The Morgan fingerprint density at radius 2 is 2.04 bits per heavy atom. The third kappa shape index (κ3) is 2.13. The number of rotatable bonds is 2. The highest BCUT2D eigenvalue weighted by Crippen LogP contribution is 2.70. The molecule has 2 saturated carbocycles. The maximum absolute atomic E-state index is 12.9. The Balaban J connectivity index is 1.58. The van der Waals surface area contributed by atoms with Crippen LogP contribution in [0.25, 0.3) is 0 Å². The molecule has 0 radical (unpaired) electrons. The second-order valence-electron chi connectivity index (χ2n) is 8.73. The van der Waals surface area contributed by atoms with E-state index >= 15 is 0 Å². The maximum Gasteiger partial charge on any atom is 0.220 e. The summed E-state index contributed by atoms with van der Waals surface area (Å²) in [5, 5.41) is 2.90. The van der Waals surface area contributed by atoms with Gasteiger partial charge in [0.05, 0.1) is 5.75 Å². The summed E-state index contributed by atoms with van der Waals surface area (Å²) in [5.41, 5.74) is 0.107. The monoisotopic (exact) mass is 340 g/mol. The van der Waals surface area contributed by atoms with Gasteiger partial charge in [-0.2, -0.15) is 4.31 Å². The van der Waals surface area contributed by atoms with Gasteiger partial charge in [0.1, 0.15) is 0 Å². The van der Waals surface area contributed by atoms with Gasteiger partial charge in [-0.3, -0.25) is 4.79 Å². The lowest BCUT2D eigenvalue weighted by Crippen LogP contribution is -2.43. The Labute approximate surface area is 139 Å². The van der Waals surface area contributed by atoms with E-state index in [0.717, 1.165) is 25.7 Å². The Hall–Kier alpha value is -0.620. The van der Waals surface area contributed by atoms with Crippen LogP contribution in [-0.4, -0.2) is 43.5 Å². The van der Waals surface area contributed by atoms with Crippen LogP contribution in [0.3, 0.4) is 0 Å². The van der Waals surface area contributed by atoms with E-state index in [0.29, 0.717) is 37.1 Å². The number of nitrogens with zero attached hydrogens (tertiary/aromatic N) is 1. The quantitative estimate of drug-likeness (QED) is 0.833. The summed E-state index contributed by atoms with van der Waals surface area (Å²) in [5.74, 6) is 1.43. The van der Waals surface area contributed by atoms with E-state index in [-0.39, 0.29) is 22.8 Å². The van der Waals surface area contributed by atoms with Crippen LogP contribution in [0.2, 0.25) is 0 Å². The average Bonchev–Trinajstić information content (AvgIpc) is 2.83. The van der Waals surface area contributed by atoms with Crippen LogP contribution in [-0.2, 0) is 14.8 Å². The molecule has 0 aromatic carbocycles. The van der Waals surface area contributed by atoms with Gasteiger partial charge in [-0.25, -0.2) is 8.42 Å². The number of amides is 1. The van der Waals surface area contributed by atoms with Crippen molar-refractivity contribution in [3.05, 3.63) is 0 Å². The zero-order valence-electron chi connectivity index (χ0n) is 14.2. The summed E-state index contributed by atoms with van der Waals surface area (Å²) >= 11 is 0. The third-order valence-electron chi connectivity index (χ3n) is 7.63.